The maximum Gasteiger partial charge on any atom is 0.339 e. The molecule has 1 heterocycles. The molecule has 3 N–H and O–H groups in total. The van der Waals surface area contributed by atoms with Crippen molar-refractivity contribution in [2.24, 2.45) is 0 Å². The van der Waals surface area contributed by atoms with Crippen molar-refractivity contribution >= 4 is 11.8 Å². The summed E-state index contributed by atoms with van der Waals surface area (Å²) in [5.41, 5.74) is 8.10. The van der Waals surface area contributed by atoms with Crippen LogP contribution in [0.2, 0.25) is 0 Å². The summed E-state index contributed by atoms with van der Waals surface area (Å²) in [6.07, 6.45) is 0. The Morgan fingerprint density at radius 2 is 1.87 bits per heavy atom. The lowest BCUT2D eigenvalue weighted by Crippen LogP contribution is -2.05. The minimum atomic E-state index is -1.15. The topological polar surface area (TPSA) is 128 Å². The number of carboxylic acid groups (broad SMARTS) is 1. The summed E-state index contributed by atoms with van der Waals surface area (Å²) in [5.74, 6) is -0.489. The summed E-state index contributed by atoms with van der Waals surface area (Å²) in [5, 5.41) is 19.2. The van der Waals surface area contributed by atoms with Crippen molar-refractivity contribution in [3.8, 4) is 40.0 Å². The molecule has 0 aliphatic heterocycles. The molecule has 3 rings (SSSR count). The van der Waals surface area contributed by atoms with Gasteiger partial charge in [-0.1, -0.05) is 24.3 Å². The molecule has 0 saturated heterocycles. The molecule has 8 heteroatoms. The number of carboxylic acids is 1. The minimum Gasteiger partial charge on any atom is -0.495 e. The summed E-state index contributed by atoms with van der Waals surface area (Å²) < 4.78 is 15.9. The van der Waals surface area contributed by atoms with E-state index < -0.39 is 5.97 Å². The van der Waals surface area contributed by atoms with Gasteiger partial charge in [-0.05, 0) is 24.3 Å². The summed E-state index contributed by atoms with van der Waals surface area (Å²) >= 11 is 0. The Bertz CT molecular complexity index is 1140. The molecular formula is C22H19N3O5. The van der Waals surface area contributed by atoms with Crippen molar-refractivity contribution < 1.29 is 24.1 Å². The number of hydrogen-bond donors (Lipinski definition) is 2. The predicted octanol–water partition coefficient (Wildman–Crippen LogP) is 3.56. The van der Waals surface area contributed by atoms with E-state index in [9.17, 15) is 15.2 Å². The Morgan fingerprint density at radius 1 is 1.13 bits per heavy atom. The lowest BCUT2D eigenvalue weighted by atomic mass is 9.95. The van der Waals surface area contributed by atoms with Crippen molar-refractivity contribution in [3.63, 3.8) is 0 Å². The molecule has 30 heavy (non-hydrogen) atoms. The Labute approximate surface area is 173 Å². The van der Waals surface area contributed by atoms with Crippen molar-refractivity contribution in [1.29, 1.82) is 5.26 Å². The van der Waals surface area contributed by atoms with Gasteiger partial charge < -0.3 is 25.1 Å². The van der Waals surface area contributed by atoms with Gasteiger partial charge in [0.05, 0.1) is 12.8 Å². The second-order valence-corrected chi connectivity index (χ2v) is 6.17. The van der Waals surface area contributed by atoms with Crippen molar-refractivity contribution in [2.45, 2.75) is 0 Å². The van der Waals surface area contributed by atoms with Crippen LogP contribution in [0.4, 0.5) is 5.82 Å². The zero-order valence-corrected chi connectivity index (χ0v) is 16.4. The van der Waals surface area contributed by atoms with Crippen LogP contribution in [-0.4, -0.2) is 37.1 Å². The van der Waals surface area contributed by atoms with Crippen LogP contribution in [0, 0.1) is 11.3 Å². The molecule has 1 aromatic heterocycles. The second kappa shape index (κ2) is 8.94. The number of aromatic carboxylic acids is 1. The fraction of sp³-hybridized carbons (Fsp3) is 0.136. The molecule has 0 saturated carbocycles. The number of pyridine rings is 1. The number of nitrogen functional groups attached to an aromatic ring is 1. The van der Waals surface area contributed by atoms with Crippen LogP contribution >= 0.6 is 0 Å². The molecule has 0 radical (unpaired) electrons. The van der Waals surface area contributed by atoms with Gasteiger partial charge in [-0.25, -0.2) is 9.78 Å². The zero-order chi connectivity index (χ0) is 21.7. The first-order valence-electron chi connectivity index (χ1n) is 8.84. The number of hydrogen-bond acceptors (Lipinski definition) is 7. The Balaban J connectivity index is 2.27. The quantitative estimate of drug-likeness (QED) is 0.571. The third kappa shape index (κ3) is 3.87. The number of carbonyl (C=O) groups is 1. The maximum absolute atomic E-state index is 11.6. The number of nitrogens with zero attached hydrogens (tertiary/aromatic N) is 2. The SMILES string of the molecule is COCOc1ccccc1-c1cc(-c2cccc(C(=O)O)c2OC)c(C#N)c(N)n1. The highest BCUT2D eigenvalue weighted by atomic mass is 16.7. The monoisotopic (exact) mass is 405 g/mol. The van der Waals surface area contributed by atoms with Gasteiger partial charge in [0.25, 0.3) is 0 Å². The number of benzene rings is 2. The van der Waals surface area contributed by atoms with Crippen LogP contribution in [-0.2, 0) is 4.74 Å². The first kappa shape index (κ1) is 20.6. The summed E-state index contributed by atoms with van der Waals surface area (Å²) in [6.45, 7) is 0.0457. The molecule has 0 fully saturated rings. The fourth-order valence-corrected chi connectivity index (χ4v) is 3.10. The molecule has 0 amide bonds. The van der Waals surface area contributed by atoms with Crippen LogP contribution in [0.3, 0.4) is 0 Å². The Hall–Kier alpha value is -4.09. The van der Waals surface area contributed by atoms with Crippen LogP contribution < -0.4 is 15.2 Å². The van der Waals surface area contributed by atoms with Gasteiger partial charge in [0, 0.05) is 23.8 Å². The molecule has 0 spiro atoms. The smallest absolute Gasteiger partial charge is 0.339 e. The van der Waals surface area contributed by atoms with E-state index in [-0.39, 0.29) is 29.5 Å². The van der Waals surface area contributed by atoms with Gasteiger partial charge in [-0.2, -0.15) is 5.26 Å². The van der Waals surface area contributed by atoms with E-state index in [0.717, 1.165) is 0 Å². The lowest BCUT2D eigenvalue weighted by Gasteiger charge is -2.16. The van der Waals surface area contributed by atoms with Crippen molar-refractivity contribution in [2.75, 3.05) is 26.7 Å². The highest BCUT2D eigenvalue weighted by Crippen LogP contribution is 2.39. The van der Waals surface area contributed by atoms with Gasteiger partial charge in [-0.3, -0.25) is 0 Å². The molecule has 2 aromatic carbocycles. The molecule has 3 aromatic rings. The molecule has 152 valence electrons. The minimum absolute atomic E-state index is 0.00863. The van der Waals surface area contributed by atoms with Crippen LogP contribution in [0.25, 0.3) is 22.4 Å². The second-order valence-electron chi connectivity index (χ2n) is 6.17. The van der Waals surface area contributed by atoms with E-state index in [0.29, 0.717) is 28.1 Å². The highest BCUT2D eigenvalue weighted by Gasteiger charge is 2.21. The lowest BCUT2D eigenvalue weighted by molar-refractivity contribution is 0.0515. The number of methoxy groups -OCH3 is 2. The fourth-order valence-electron chi connectivity index (χ4n) is 3.10. The largest absolute Gasteiger partial charge is 0.495 e. The number of anilines is 1. The number of rotatable bonds is 7. The molecular weight excluding hydrogens is 386 g/mol. The Morgan fingerprint density at radius 3 is 2.53 bits per heavy atom. The van der Waals surface area contributed by atoms with E-state index in [1.807, 2.05) is 18.2 Å². The number of para-hydroxylation sites is 2. The normalized spacial score (nSPS) is 10.3. The molecule has 0 aliphatic rings. The third-order valence-electron chi connectivity index (χ3n) is 4.39. The van der Waals surface area contributed by atoms with E-state index in [2.05, 4.69) is 4.98 Å². The highest BCUT2D eigenvalue weighted by molar-refractivity contribution is 5.95. The first-order chi connectivity index (χ1) is 14.5. The first-order valence-corrected chi connectivity index (χ1v) is 8.84. The molecule has 0 unspecified atom stereocenters. The molecule has 8 nitrogen and oxygen atoms in total. The van der Waals surface area contributed by atoms with Gasteiger partial charge in [0.15, 0.2) is 6.79 Å². The average molecular weight is 405 g/mol. The number of aromatic nitrogens is 1. The molecule has 0 aliphatic carbocycles. The van der Waals surface area contributed by atoms with Gasteiger partial charge in [0.2, 0.25) is 0 Å². The van der Waals surface area contributed by atoms with E-state index >= 15 is 0 Å². The van der Waals surface area contributed by atoms with Crippen molar-refractivity contribution in [3.05, 3.63) is 59.7 Å². The number of nitriles is 1. The predicted molar refractivity (Wildman–Crippen MR) is 110 cm³/mol. The Kier molecular flexibility index (Phi) is 6.15. The van der Waals surface area contributed by atoms with Crippen molar-refractivity contribution in [1.82, 2.24) is 4.98 Å². The number of nitrogens with two attached hydrogens (primary N) is 1. The van der Waals surface area contributed by atoms with E-state index in [4.69, 9.17) is 19.9 Å². The van der Waals surface area contributed by atoms with Gasteiger partial charge in [0.1, 0.15) is 34.5 Å². The third-order valence-corrected chi connectivity index (χ3v) is 4.39. The standard InChI is InChI=1S/C22H19N3O5/c1-28-12-30-19-9-4-3-6-14(19)18-10-16(17(11-23)21(24)25-18)13-7-5-8-15(22(26)27)20(13)29-2/h3-10H,12H2,1-2H3,(H2,24,25)(H,26,27). The summed E-state index contributed by atoms with van der Waals surface area (Å²) in [6, 6.07) is 15.6. The summed E-state index contributed by atoms with van der Waals surface area (Å²) in [7, 11) is 2.89. The molecule has 0 bridgehead atoms. The van der Waals surface area contributed by atoms with Crippen LogP contribution in [0.1, 0.15) is 15.9 Å². The average Bonchev–Trinajstić information content (AvgIpc) is 2.76. The van der Waals surface area contributed by atoms with Crippen LogP contribution in [0.5, 0.6) is 11.5 Å². The zero-order valence-electron chi connectivity index (χ0n) is 16.4. The van der Waals surface area contributed by atoms with E-state index in [1.54, 1.807) is 30.3 Å². The van der Waals surface area contributed by atoms with Crippen LogP contribution in [0.15, 0.2) is 48.5 Å². The van der Waals surface area contributed by atoms with Gasteiger partial charge in [-0.15, -0.1) is 0 Å². The summed E-state index contributed by atoms with van der Waals surface area (Å²) in [4.78, 5) is 16.0. The maximum atomic E-state index is 11.6. The molecule has 0 atom stereocenters. The number of ether oxygens (including phenoxy) is 3. The van der Waals surface area contributed by atoms with E-state index in [1.165, 1.54) is 20.3 Å². The van der Waals surface area contributed by atoms with Gasteiger partial charge >= 0.3 is 5.97 Å².